The van der Waals surface area contributed by atoms with E-state index >= 15 is 0 Å². The molecular formula is C20H20F2N2O2. The first-order chi connectivity index (χ1) is 12.5. The monoisotopic (exact) mass is 358 g/mol. The summed E-state index contributed by atoms with van der Waals surface area (Å²) in [4.78, 5) is 26.7. The van der Waals surface area contributed by atoms with E-state index in [9.17, 15) is 18.4 Å². The molecule has 6 heteroatoms. The molecule has 0 aliphatic carbocycles. The summed E-state index contributed by atoms with van der Waals surface area (Å²) >= 11 is 0. The average Bonchev–Trinajstić information content (AvgIpc) is 2.64. The third-order valence-corrected chi connectivity index (χ3v) is 4.72. The number of carbonyl (C=O) groups excluding carboxylic acids is 2. The summed E-state index contributed by atoms with van der Waals surface area (Å²) in [6.45, 7) is 2.83. The number of halogens is 2. The van der Waals surface area contributed by atoms with Crippen LogP contribution in [0.1, 0.15) is 28.8 Å². The molecule has 0 atom stereocenters. The third-order valence-electron chi connectivity index (χ3n) is 4.72. The van der Waals surface area contributed by atoms with E-state index in [0.29, 0.717) is 31.5 Å². The summed E-state index contributed by atoms with van der Waals surface area (Å²) in [6.07, 6.45) is 1.01. The van der Waals surface area contributed by atoms with Gasteiger partial charge < -0.3 is 10.2 Å². The van der Waals surface area contributed by atoms with Crippen LogP contribution in [0.3, 0.4) is 0 Å². The van der Waals surface area contributed by atoms with Crippen molar-refractivity contribution in [1.82, 2.24) is 4.90 Å². The Hall–Kier alpha value is -2.76. The van der Waals surface area contributed by atoms with Gasteiger partial charge in [-0.25, -0.2) is 8.78 Å². The van der Waals surface area contributed by atoms with Crippen molar-refractivity contribution < 1.29 is 18.4 Å². The van der Waals surface area contributed by atoms with Gasteiger partial charge in [0.05, 0.1) is 5.69 Å². The predicted molar refractivity (Wildman–Crippen MR) is 94.8 cm³/mol. The Kier molecular flexibility index (Phi) is 5.30. The van der Waals surface area contributed by atoms with Crippen LogP contribution in [0.2, 0.25) is 0 Å². The molecule has 26 heavy (non-hydrogen) atoms. The van der Waals surface area contributed by atoms with E-state index in [4.69, 9.17) is 0 Å². The number of anilines is 1. The van der Waals surface area contributed by atoms with Crippen molar-refractivity contribution in [2.45, 2.75) is 19.8 Å². The number of nitrogens with zero attached hydrogens (tertiary/aromatic N) is 1. The molecular weight excluding hydrogens is 338 g/mol. The fourth-order valence-corrected chi connectivity index (χ4v) is 3.15. The maximum Gasteiger partial charge on any atom is 0.254 e. The quantitative estimate of drug-likeness (QED) is 0.908. The van der Waals surface area contributed by atoms with E-state index in [1.807, 2.05) is 25.1 Å². The van der Waals surface area contributed by atoms with Gasteiger partial charge in [0, 0.05) is 30.6 Å². The number of likely N-dealkylation sites (tertiary alicyclic amines) is 1. The molecule has 2 amide bonds. The fourth-order valence-electron chi connectivity index (χ4n) is 3.15. The molecule has 1 aliphatic rings. The number of rotatable bonds is 3. The molecule has 3 rings (SSSR count). The topological polar surface area (TPSA) is 49.4 Å². The Morgan fingerprint density at radius 3 is 2.42 bits per heavy atom. The third kappa shape index (κ3) is 3.90. The molecule has 1 aliphatic heterocycles. The van der Waals surface area contributed by atoms with E-state index in [1.165, 1.54) is 6.07 Å². The summed E-state index contributed by atoms with van der Waals surface area (Å²) in [5.74, 6) is -2.14. The summed E-state index contributed by atoms with van der Waals surface area (Å²) in [7, 11) is 0. The van der Waals surface area contributed by atoms with Gasteiger partial charge in [-0.2, -0.15) is 0 Å². The molecule has 0 unspecified atom stereocenters. The molecule has 4 nitrogen and oxygen atoms in total. The number of benzene rings is 2. The molecule has 1 saturated heterocycles. The fraction of sp³-hybridized carbons (Fsp3) is 0.300. The average molecular weight is 358 g/mol. The molecule has 1 N–H and O–H groups in total. The lowest BCUT2D eigenvalue weighted by atomic mass is 9.95. The lowest BCUT2D eigenvalue weighted by Crippen LogP contribution is -2.41. The smallest absolute Gasteiger partial charge is 0.254 e. The number of piperidine rings is 1. The highest BCUT2D eigenvalue weighted by Crippen LogP contribution is 2.23. The zero-order chi connectivity index (χ0) is 18.7. The van der Waals surface area contributed by atoms with Crippen LogP contribution in [-0.2, 0) is 4.79 Å². The van der Waals surface area contributed by atoms with Crippen molar-refractivity contribution in [1.29, 1.82) is 0 Å². The highest BCUT2D eigenvalue weighted by molar-refractivity contribution is 5.96. The van der Waals surface area contributed by atoms with E-state index in [0.717, 1.165) is 17.7 Å². The predicted octanol–water partition coefficient (Wildman–Crippen LogP) is 3.76. The van der Waals surface area contributed by atoms with Gasteiger partial charge in [0.25, 0.3) is 5.91 Å². The summed E-state index contributed by atoms with van der Waals surface area (Å²) in [6, 6.07) is 10.5. The minimum absolute atomic E-state index is 0.0326. The second kappa shape index (κ2) is 7.64. The maximum atomic E-state index is 13.7. The molecule has 0 spiro atoms. The van der Waals surface area contributed by atoms with Crippen molar-refractivity contribution in [2.24, 2.45) is 5.92 Å². The van der Waals surface area contributed by atoms with Crippen LogP contribution in [0.5, 0.6) is 0 Å². The lowest BCUT2D eigenvalue weighted by Gasteiger charge is -2.31. The lowest BCUT2D eigenvalue weighted by molar-refractivity contribution is -0.121. The molecule has 2 aromatic rings. The zero-order valence-corrected chi connectivity index (χ0v) is 14.5. The van der Waals surface area contributed by atoms with E-state index in [2.05, 4.69) is 5.32 Å². The van der Waals surface area contributed by atoms with Gasteiger partial charge in [0.1, 0.15) is 11.6 Å². The molecule has 2 aromatic carbocycles. The van der Waals surface area contributed by atoms with Crippen molar-refractivity contribution in [2.75, 3.05) is 18.4 Å². The Morgan fingerprint density at radius 2 is 1.77 bits per heavy atom. The molecule has 1 fully saturated rings. The van der Waals surface area contributed by atoms with Crippen molar-refractivity contribution in [3.05, 3.63) is 65.2 Å². The SMILES string of the molecule is Cc1ccccc1C(=O)N1CCC(C(=O)Nc2ccc(F)cc2F)CC1. The van der Waals surface area contributed by atoms with Gasteiger partial charge in [0.15, 0.2) is 0 Å². The number of nitrogens with one attached hydrogen (secondary N) is 1. The number of hydrogen-bond acceptors (Lipinski definition) is 2. The highest BCUT2D eigenvalue weighted by Gasteiger charge is 2.28. The molecule has 0 bridgehead atoms. The van der Waals surface area contributed by atoms with Crippen molar-refractivity contribution >= 4 is 17.5 Å². The van der Waals surface area contributed by atoms with Crippen LogP contribution in [0.15, 0.2) is 42.5 Å². The second-order valence-corrected chi connectivity index (χ2v) is 6.49. The second-order valence-electron chi connectivity index (χ2n) is 6.49. The molecule has 0 aromatic heterocycles. The van der Waals surface area contributed by atoms with Crippen molar-refractivity contribution in [3.63, 3.8) is 0 Å². The van der Waals surface area contributed by atoms with Gasteiger partial charge in [-0.15, -0.1) is 0 Å². The van der Waals surface area contributed by atoms with E-state index in [-0.39, 0.29) is 23.4 Å². The van der Waals surface area contributed by atoms with E-state index in [1.54, 1.807) is 11.0 Å². The Morgan fingerprint density at radius 1 is 1.08 bits per heavy atom. The van der Waals surface area contributed by atoms with Gasteiger partial charge in [-0.05, 0) is 43.5 Å². The maximum absolute atomic E-state index is 13.7. The number of carbonyl (C=O) groups is 2. The largest absolute Gasteiger partial charge is 0.339 e. The number of aryl methyl sites for hydroxylation is 1. The van der Waals surface area contributed by atoms with Crippen molar-refractivity contribution in [3.8, 4) is 0 Å². The Labute approximate surface area is 150 Å². The molecule has 0 radical (unpaired) electrons. The molecule has 1 heterocycles. The Balaban J connectivity index is 1.59. The van der Waals surface area contributed by atoms with Crippen LogP contribution in [0.4, 0.5) is 14.5 Å². The summed E-state index contributed by atoms with van der Waals surface area (Å²) in [5.41, 5.74) is 1.56. The minimum Gasteiger partial charge on any atom is -0.339 e. The standard InChI is InChI=1S/C20H20F2N2O2/c1-13-4-2-3-5-16(13)20(26)24-10-8-14(9-11-24)19(25)23-18-7-6-15(21)12-17(18)22/h2-7,12,14H,8-11H2,1H3,(H,23,25). The first kappa shape index (κ1) is 18.0. The van der Waals surface area contributed by atoms with Crippen LogP contribution >= 0.6 is 0 Å². The van der Waals surface area contributed by atoms with Gasteiger partial charge >= 0.3 is 0 Å². The minimum atomic E-state index is -0.800. The van der Waals surface area contributed by atoms with Crippen LogP contribution in [-0.4, -0.2) is 29.8 Å². The molecule has 136 valence electrons. The Bertz CT molecular complexity index is 830. The van der Waals surface area contributed by atoms with Crippen LogP contribution in [0.25, 0.3) is 0 Å². The number of hydrogen-bond donors (Lipinski definition) is 1. The highest BCUT2D eigenvalue weighted by atomic mass is 19.1. The normalized spacial score (nSPS) is 15.0. The van der Waals surface area contributed by atoms with Gasteiger partial charge in [-0.3, -0.25) is 9.59 Å². The van der Waals surface area contributed by atoms with Gasteiger partial charge in [-0.1, -0.05) is 18.2 Å². The first-order valence-corrected chi connectivity index (χ1v) is 8.56. The van der Waals surface area contributed by atoms with Gasteiger partial charge in [0.2, 0.25) is 5.91 Å². The summed E-state index contributed by atoms with van der Waals surface area (Å²) in [5, 5.41) is 2.51. The summed E-state index contributed by atoms with van der Waals surface area (Å²) < 4.78 is 26.6. The number of amides is 2. The zero-order valence-electron chi connectivity index (χ0n) is 14.5. The van der Waals surface area contributed by atoms with Crippen LogP contribution < -0.4 is 5.32 Å². The first-order valence-electron chi connectivity index (χ1n) is 8.56. The van der Waals surface area contributed by atoms with Crippen LogP contribution in [0, 0.1) is 24.5 Å². The molecule has 0 saturated carbocycles. The van der Waals surface area contributed by atoms with E-state index < -0.39 is 11.6 Å².